The smallest absolute Gasteiger partial charge is 0.0577 e. The zero-order valence-electron chi connectivity index (χ0n) is 19.3. The number of rotatable bonds is 5. The average Bonchev–Trinajstić information content (AvgIpc) is 2.99. The Hall–Kier alpha value is -0.300. The number of allylic oxidation sites excluding steroid dienone is 1. The molecule has 0 spiro atoms. The maximum absolute atomic E-state index is 10.2. The van der Waals surface area contributed by atoms with Gasteiger partial charge in [0.05, 0.1) is 6.10 Å². The van der Waals surface area contributed by atoms with Crippen molar-refractivity contribution in [2.24, 2.45) is 46.3 Å². The highest BCUT2D eigenvalue weighted by molar-refractivity contribution is 5.25. The first kappa shape index (κ1) is 21.0. The SMILES string of the molecule is CC(C)CCC[C@@H](C)[C@H]1CC[C@H]2[C@@H]3CC=C4C[C@@H]([18OH])CC[C@]4(C)[C@H]3CC[C@]12C. The molecule has 0 aliphatic heterocycles. The minimum absolute atomic E-state index is 0.0766. The predicted molar refractivity (Wildman–Crippen MR) is 119 cm³/mol. The van der Waals surface area contributed by atoms with Crippen molar-refractivity contribution in [2.45, 2.75) is 111 Å². The number of aliphatic hydroxyl groups is 1. The Kier molecular flexibility index (Phi) is 5.80. The molecule has 0 aromatic carbocycles. The van der Waals surface area contributed by atoms with E-state index in [1.165, 1.54) is 57.8 Å². The lowest BCUT2D eigenvalue weighted by Crippen LogP contribution is -2.50. The molecule has 4 aliphatic rings. The van der Waals surface area contributed by atoms with Crippen molar-refractivity contribution < 1.29 is 5.11 Å². The van der Waals surface area contributed by atoms with Crippen molar-refractivity contribution in [3.05, 3.63) is 11.6 Å². The minimum Gasteiger partial charge on any atom is -0.393 e. The summed E-state index contributed by atoms with van der Waals surface area (Å²) in [5.41, 5.74) is 2.60. The third-order valence-electron chi connectivity index (χ3n) is 10.3. The van der Waals surface area contributed by atoms with Gasteiger partial charge < -0.3 is 5.11 Å². The molecule has 0 radical (unpaired) electrons. The maximum atomic E-state index is 10.2. The fourth-order valence-corrected chi connectivity index (χ4v) is 8.67. The number of hydrogen-bond acceptors (Lipinski definition) is 1. The van der Waals surface area contributed by atoms with E-state index >= 15 is 0 Å². The van der Waals surface area contributed by atoms with Crippen molar-refractivity contribution in [3.8, 4) is 0 Å². The van der Waals surface area contributed by atoms with E-state index in [0.717, 1.165) is 48.3 Å². The van der Waals surface area contributed by atoms with Crippen molar-refractivity contribution in [1.29, 1.82) is 0 Å². The van der Waals surface area contributed by atoms with Gasteiger partial charge in [-0.3, -0.25) is 0 Å². The van der Waals surface area contributed by atoms with Crippen LogP contribution in [-0.2, 0) is 0 Å². The van der Waals surface area contributed by atoms with Gasteiger partial charge in [0, 0.05) is 0 Å². The van der Waals surface area contributed by atoms with E-state index in [4.69, 9.17) is 0 Å². The molecular formula is C27H46O. The number of fused-ring (bicyclic) bond motifs is 5. The average molecular weight is 389 g/mol. The molecule has 160 valence electrons. The van der Waals surface area contributed by atoms with Crippen LogP contribution in [0.25, 0.3) is 0 Å². The number of hydrogen-bond donors (Lipinski definition) is 1. The van der Waals surface area contributed by atoms with Gasteiger partial charge in [-0.25, -0.2) is 0 Å². The Morgan fingerprint density at radius 1 is 1.00 bits per heavy atom. The van der Waals surface area contributed by atoms with Crippen molar-refractivity contribution in [3.63, 3.8) is 0 Å². The molecule has 0 aromatic rings. The topological polar surface area (TPSA) is 20.2 Å². The second kappa shape index (κ2) is 7.75. The van der Waals surface area contributed by atoms with Crippen LogP contribution in [0.1, 0.15) is 105 Å². The third kappa shape index (κ3) is 3.42. The zero-order chi connectivity index (χ0) is 20.1. The van der Waals surface area contributed by atoms with Gasteiger partial charge in [-0.15, -0.1) is 0 Å². The first-order valence-electron chi connectivity index (χ1n) is 12.6. The summed E-state index contributed by atoms with van der Waals surface area (Å²) < 4.78 is 0. The molecule has 0 aromatic heterocycles. The van der Waals surface area contributed by atoms with Crippen LogP contribution in [0.3, 0.4) is 0 Å². The zero-order valence-corrected chi connectivity index (χ0v) is 19.3. The Morgan fingerprint density at radius 2 is 1.79 bits per heavy atom. The first-order chi connectivity index (χ1) is 13.3. The van der Waals surface area contributed by atoms with Gasteiger partial charge in [0.15, 0.2) is 0 Å². The van der Waals surface area contributed by atoms with Crippen molar-refractivity contribution in [2.75, 3.05) is 0 Å². The molecule has 0 saturated heterocycles. The van der Waals surface area contributed by atoms with Crippen LogP contribution in [-0.4, -0.2) is 11.2 Å². The molecule has 0 unspecified atom stereocenters. The van der Waals surface area contributed by atoms with Gasteiger partial charge in [0.1, 0.15) is 0 Å². The molecule has 0 bridgehead atoms. The van der Waals surface area contributed by atoms with Gasteiger partial charge in [-0.2, -0.15) is 0 Å². The fourth-order valence-electron chi connectivity index (χ4n) is 8.67. The molecule has 4 aliphatic carbocycles. The van der Waals surface area contributed by atoms with Crippen LogP contribution < -0.4 is 0 Å². The van der Waals surface area contributed by atoms with E-state index in [0.29, 0.717) is 10.8 Å². The largest absolute Gasteiger partial charge is 0.393 e. The molecule has 28 heavy (non-hydrogen) atoms. The monoisotopic (exact) mass is 388 g/mol. The van der Waals surface area contributed by atoms with Gasteiger partial charge in [0.25, 0.3) is 0 Å². The van der Waals surface area contributed by atoms with Crippen molar-refractivity contribution in [1.82, 2.24) is 0 Å². The van der Waals surface area contributed by atoms with Crippen LogP contribution in [0.4, 0.5) is 0 Å². The summed E-state index contributed by atoms with van der Waals surface area (Å²) in [6.45, 7) is 12.6. The van der Waals surface area contributed by atoms with Crippen LogP contribution in [0.2, 0.25) is 0 Å². The Labute approximate surface area is 174 Å². The van der Waals surface area contributed by atoms with Gasteiger partial charge in [-0.05, 0) is 97.7 Å². The van der Waals surface area contributed by atoms with Crippen LogP contribution in [0.15, 0.2) is 11.6 Å². The minimum atomic E-state index is -0.0766. The molecule has 8 atom stereocenters. The quantitative estimate of drug-likeness (QED) is 0.384. The van der Waals surface area contributed by atoms with E-state index in [2.05, 4.69) is 40.7 Å². The Bertz CT molecular complexity index is 591. The van der Waals surface area contributed by atoms with Crippen LogP contribution >= 0.6 is 0 Å². The highest BCUT2D eigenvalue weighted by atomic mass is 18.2. The predicted octanol–water partition coefficient (Wildman–Crippen LogP) is 7.39. The van der Waals surface area contributed by atoms with E-state index in [1.807, 2.05) is 0 Å². The van der Waals surface area contributed by atoms with Gasteiger partial charge in [0.2, 0.25) is 0 Å². The third-order valence-corrected chi connectivity index (χ3v) is 10.3. The first-order valence-corrected chi connectivity index (χ1v) is 12.6. The summed E-state index contributed by atoms with van der Waals surface area (Å²) in [5, 5.41) is 10.2. The molecule has 0 amide bonds. The number of aliphatic hydroxyl groups excluding tert-OH is 1. The molecule has 3 fully saturated rings. The van der Waals surface area contributed by atoms with Crippen LogP contribution in [0, 0.1) is 46.3 Å². The lowest BCUT2D eigenvalue weighted by atomic mass is 9.47. The Balaban J connectivity index is 1.49. The maximum Gasteiger partial charge on any atom is 0.0577 e. The lowest BCUT2D eigenvalue weighted by Gasteiger charge is -2.58. The summed E-state index contributed by atoms with van der Waals surface area (Å²) in [4.78, 5) is 0. The second-order valence-corrected chi connectivity index (χ2v) is 12.2. The summed E-state index contributed by atoms with van der Waals surface area (Å²) in [7, 11) is 0. The van der Waals surface area contributed by atoms with Crippen LogP contribution in [0.5, 0.6) is 0 Å². The van der Waals surface area contributed by atoms with E-state index in [-0.39, 0.29) is 6.10 Å². The van der Waals surface area contributed by atoms with Crippen molar-refractivity contribution >= 4 is 0 Å². The molecule has 3 saturated carbocycles. The Morgan fingerprint density at radius 3 is 2.54 bits per heavy atom. The molecular weight excluding hydrogens is 342 g/mol. The highest BCUT2D eigenvalue weighted by Gasteiger charge is 2.59. The molecule has 4 rings (SSSR count). The normalized spacial score (nSPS) is 46.5. The standard InChI is InChI=1S/C27H46O/c1-18(2)7-6-8-19(3)23-11-12-24-22-10-9-20-17-21(28)13-15-26(20,4)25(22)14-16-27(23,24)5/h9,18-19,21-25,28H,6-8,10-17H2,1-5H3/t19-,21+,22+,23-,24+,25+,26+,27-/m1/s1/i28+2. The van der Waals surface area contributed by atoms with E-state index < -0.39 is 0 Å². The van der Waals surface area contributed by atoms with Gasteiger partial charge >= 0.3 is 0 Å². The summed E-state index contributed by atoms with van der Waals surface area (Å²) >= 11 is 0. The highest BCUT2D eigenvalue weighted by Crippen LogP contribution is 2.67. The van der Waals surface area contributed by atoms with E-state index in [1.54, 1.807) is 5.57 Å². The van der Waals surface area contributed by atoms with Gasteiger partial charge in [-0.1, -0.05) is 65.5 Å². The summed E-state index contributed by atoms with van der Waals surface area (Å²) in [5.74, 6) is 5.46. The fraction of sp³-hybridized carbons (Fsp3) is 0.926. The molecule has 1 nitrogen and oxygen atoms in total. The van der Waals surface area contributed by atoms with E-state index in [9.17, 15) is 5.11 Å². The second-order valence-electron chi connectivity index (χ2n) is 12.2. The summed E-state index contributed by atoms with van der Waals surface area (Å²) in [6.07, 6.45) is 17.2. The molecule has 1 N–H and O–H groups in total. The lowest BCUT2D eigenvalue weighted by molar-refractivity contribution is -0.0573. The molecule has 1 heteroatoms. The summed E-state index contributed by atoms with van der Waals surface area (Å²) in [6, 6.07) is 0. The molecule has 0 heterocycles.